The lowest BCUT2D eigenvalue weighted by Gasteiger charge is -2.20. The predicted octanol–water partition coefficient (Wildman–Crippen LogP) is 3.33. The predicted molar refractivity (Wildman–Crippen MR) is 121 cm³/mol. The number of carbonyl (C=O) groups is 1. The van der Waals surface area contributed by atoms with Crippen molar-refractivity contribution in [2.24, 2.45) is 4.99 Å². The van der Waals surface area contributed by atoms with Crippen LogP contribution in [0.5, 0.6) is 11.5 Å². The second kappa shape index (κ2) is 13.7. The number of hydrogen-bond acceptors (Lipinski definition) is 4. The van der Waals surface area contributed by atoms with Gasteiger partial charge in [0.1, 0.15) is 0 Å². The van der Waals surface area contributed by atoms with Crippen LogP contribution in [0, 0.1) is 0 Å². The van der Waals surface area contributed by atoms with E-state index in [1.165, 1.54) is 0 Å². The Morgan fingerprint density at radius 1 is 1.17 bits per heavy atom. The molecule has 0 bridgehead atoms. The minimum absolute atomic E-state index is 0.299. The Labute approximate surface area is 181 Å². The van der Waals surface area contributed by atoms with Gasteiger partial charge in [0.25, 0.3) is 0 Å². The number of hydrogen-bond donors (Lipinski definition) is 2. The van der Waals surface area contributed by atoms with Crippen LogP contribution in [-0.2, 0) is 11.3 Å². The molecule has 1 aromatic carbocycles. The van der Waals surface area contributed by atoms with Gasteiger partial charge in [0.15, 0.2) is 17.5 Å². The van der Waals surface area contributed by atoms with Crippen LogP contribution in [0.25, 0.3) is 0 Å². The van der Waals surface area contributed by atoms with Gasteiger partial charge in [-0.3, -0.25) is 4.79 Å². The number of methoxy groups -OCH3 is 1. The first-order chi connectivity index (χ1) is 14.7. The van der Waals surface area contributed by atoms with E-state index in [1.807, 2.05) is 23.1 Å². The van der Waals surface area contributed by atoms with Gasteiger partial charge in [-0.1, -0.05) is 19.4 Å². The Balaban J connectivity index is 1.85. The summed E-state index contributed by atoms with van der Waals surface area (Å²) in [5.74, 6) is 2.58. The van der Waals surface area contributed by atoms with Gasteiger partial charge in [0.2, 0.25) is 5.91 Å². The number of rotatable bonds is 11. The lowest BCUT2D eigenvalue weighted by molar-refractivity contribution is -0.130. The lowest BCUT2D eigenvalue weighted by Crippen LogP contribution is -2.39. The molecule has 1 aliphatic rings. The molecule has 168 valence electrons. The smallest absolute Gasteiger partial charge is 0.222 e. The van der Waals surface area contributed by atoms with Crippen LogP contribution in [0.3, 0.4) is 0 Å². The second-order valence-corrected chi connectivity index (χ2v) is 7.50. The molecule has 1 aliphatic heterocycles. The summed E-state index contributed by atoms with van der Waals surface area (Å²) in [4.78, 5) is 18.8. The zero-order chi connectivity index (χ0) is 21.6. The molecule has 2 rings (SSSR count). The summed E-state index contributed by atoms with van der Waals surface area (Å²) >= 11 is 0. The highest BCUT2D eigenvalue weighted by Gasteiger charge is 2.15. The molecule has 1 heterocycles. The monoisotopic (exact) mass is 418 g/mol. The largest absolute Gasteiger partial charge is 0.493 e. The van der Waals surface area contributed by atoms with Gasteiger partial charge < -0.3 is 25.0 Å². The number of ether oxygens (including phenoxy) is 2. The van der Waals surface area contributed by atoms with Crippen LogP contribution < -0.4 is 20.1 Å². The standard InChI is InChI=1S/C23H38N4O3/c1-4-16-30-20-12-11-19(17-21(20)29-3)18-26-23(24-5-2)25-13-9-15-27-14-8-6-7-10-22(27)28/h11-12,17H,4-10,13-16,18H2,1-3H3,(H2,24,25,26). The number of nitrogens with zero attached hydrogens (tertiary/aromatic N) is 2. The van der Waals surface area contributed by atoms with E-state index in [2.05, 4.69) is 29.5 Å². The minimum atomic E-state index is 0.299. The number of likely N-dealkylation sites (tertiary alicyclic amines) is 1. The van der Waals surface area contributed by atoms with E-state index in [0.717, 1.165) is 81.3 Å². The average Bonchev–Trinajstić information content (AvgIpc) is 2.97. The van der Waals surface area contributed by atoms with Gasteiger partial charge >= 0.3 is 0 Å². The lowest BCUT2D eigenvalue weighted by atomic mass is 10.2. The van der Waals surface area contributed by atoms with Crippen LogP contribution in [-0.4, -0.2) is 56.7 Å². The molecule has 0 unspecified atom stereocenters. The molecular weight excluding hydrogens is 380 g/mol. The molecule has 1 fully saturated rings. The Kier molecular flexibility index (Phi) is 10.9. The zero-order valence-corrected chi connectivity index (χ0v) is 18.8. The van der Waals surface area contributed by atoms with Gasteiger partial charge in [-0.15, -0.1) is 0 Å². The maximum absolute atomic E-state index is 12.1. The van der Waals surface area contributed by atoms with E-state index in [1.54, 1.807) is 7.11 Å². The molecule has 1 saturated heterocycles. The maximum atomic E-state index is 12.1. The molecule has 0 atom stereocenters. The Bertz CT molecular complexity index is 678. The van der Waals surface area contributed by atoms with Crippen LogP contribution >= 0.6 is 0 Å². The van der Waals surface area contributed by atoms with Crippen molar-refractivity contribution in [3.8, 4) is 11.5 Å². The molecule has 0 aromatic heterocycles. The Morgan fingerprint density at radius 2 is 2.03 bits per heavy atom. The third kappa shape index (κ3) is 8.13. The summed E-state index contributed by atoms with van der Waals surface area (Å²) < 4.78 is 11.2. The molecule has 7 nitrogen and oxygen atoms in total. The summed E-state index contributed by atoms with van der Waals surface area (Å²) in [5, 5.41) is 6.65. The zero-order valence-electron chi connectivity index (χ0n) is 18.8. The van der Waals surface area contributed by atoms with Crippen molar-refractivity contribution in [2.75, 3.05) is 39.9 Å². The molecule has 1 amide bonds. The molecule has 30 heavy (non-hydrogen) atoms. The Morgan fingerprint density at radius 3 is 2.80 bits per heavy atom. The van der Waals surface area contributed by atoms with Gasteiger partial charge in [0.05, 0.1) is 20.3 Å². The number of carbonyl (C=O) groups excluding carboxylic acids is 1. The van der Waals surface area contributed by atoms with Crippen molar-refractivity contribution in [1.82, 2.24) is 15.5 Å². The molecule has 0 aliphatic carbocycles. The van der Waals surface area contributed by atoms with E-state index in [9.17, 15) is 4.79 Å². The molecule has 0 saturated carbocycles. The molecule has 7 heteroatoms. The topological polar surface area (TPSA) is 75.2 Å². The van der Waals surface area contributed by atoms with Crippen molar-refractivity contribution in [3.63, 3.8) is 0 Å². The van der Waals surface area contributed by atoms with E-state index in [0.29, 0.717) is 25.5 Å². The van der Waals surface area contributed by atoms with Crippen molar-refractivity contribution >= 4 is 11.9 Å². The number of benzene rings is 1. The molecule has 0 radical (unpaired) electrons. The highest BCUT2D eigenvalue weighted by atomic mass is 16.5. The van der Waals surface area contributed by atoms with Gasteiger partial charge in [0, 0.05) is 32.6 Å². The van der Waals surface area contributed by atoms with Crippen molar-refractivity contribution in [1.29, 1.82) is 0 Å². The van der Waals surface area contributed by atoms with Gasteiger partial charge in [-0.05, 0) is 50.3 Å². The SMILES string of the molecule is CCCOc1ccc(CN=C(NCC)NCCCN2CCCCCC2=O)cc1OC. The number of aliphatic imine (C=N–C) groups is 1. The fraction of sp³-hybridized carbons (Fsp3) is 0.652. The van der Waals surface area contributed by atoms with Crippen LogP contribution in [0.1, 0.15) is 57.9 Å². The average molecular weight is 419 g/mol. The first kappa shape index (κ1) is 23.8. The highest BCUT2D eigenvalue weighted by molar-refractivity contribution is 5.79. The number of guanidine groups is 1. The van der Waals surface area contributed by atoms with Crippen molar-refractivity contribution in [2.45, 2.75) is 58.9 Å². The fourth-order valence-electron chi connectivity index (χ4n) is 3.41. The molecule has 0 spiro atoms. The van der Waals surface area contributed by atoms with Gasteiger partial charge in [-0.25, -0.2) is 4.99 Å². The minimum Gasteiger partial charge on any atom is -0.493 e. The van der Waals surface area contributed by atoms with Crippen LogP contribution in [0.4, 0.5) is 0 Å². The summed E-state index contributed by atoms with van der Waals surface area (Å²) in [5.41, 5.74) is 1.06. The van der Waals surface area contributed by atoms with Crippen molar-refractivity contribution < 1.29 is 14.3 Å². The summed E-state index contributed by atoms with van der Waals surface area (Å²) in [6.45, 7) is 8.63. The normalized spacial score (nSPS) is 15.0. The molecular formula is C23H38N4O3. The summed E-state index contributed by atoms with van der Waals surface area (Å²) in [7, 11) is 1.65. The number of amides is 1. The van der Waals surface area contributed by atoms with E-state index in [4.69, 9.17) is 9.47 Å². The summed E-state index contributed by atoms with van der Waals surface area (Å²) in [6, 6.07) is 5.94. The van der Waals surface area contributed by atoms with E-state index >= 15 is 0 Å². The van der Waals surface area contributed by atoms with Crippen LogP contribution in [0.2, 0.25) is 0 Å². The summed E-state index contributed by atoms with van der Waals surface area (Å²) in [6.07, 6.45) is 5.88. The van der Waals surface area contributed by atoms with Crippen LogP contribution in [0.15, 0.2) is 23.2 Å². The van der Waals surface area contributed by atoms with E-state index in [-0.39, 0.29) is 0 Å². The maximum Gasteiger partial charge on any atom is 0.222 e. The van der Waals surface area contributed by atoms with Crippen molar-refractivity contribution in [3.05, 3.63) is 23.8 Å². The second-order valence-electron chi connectivity index (χ2n) is 7.50. The Hall–Kier alpha value is -2.44. The molecule has 2 N–H and O–H groups in total. The fourth-order valence-corrected chi connectivity index (χ4v) is 3.41. The first-order valence-electron chi connectivity index (χ1n) is 11.3. The quantitative estimate of drug-likeness (QED) is 0.328. The number of nitrogens with one attached hydrogen (secondary N) is 2. The molecule has 1 aromatic rings. The first-order valence-corrected chi connectivity index (χ1v) is 11.3. The highest BCUT2D eigenvalue weighted by Crippen LogP contribution is 2.28. The third-order valence-electron chi connectivity index (χ3n) is 5.02. The van der Waals surface area contributed by atoms with Gasteiger partial charge in [-0.2, -0.15) is 0 Å². The van der Waals surface area contributed by atoms with E-state index < -0.39 is 0 Å². The third-order valence-corrected chi connectivity index (χ3v) is 5.02.